The minimum atomic E-state index is 0.149. The molecule has 0 unspecified atom stereocenters. The van der Waals surface area contributed by atoms with Crippen LogP contribution in [0.3, 0.4) is 0 Å². The second-order valence-corrected chi connectivity index (χ2v) is 7.18. The number of fused-ring (bicyclic) bond motifs is 1. The zero-order valence-electron chi connectivity index (χ0n) is 14.1. The molecular weight excluding hydrogens is 382 g/mol. The quantitative estimate of drug-likeness (QED) is 0.618. The van der Waals surface area contributed by atoms with Gasteiger partial charge in [0.25, 0.3) is 11.8 Å². The summed E-state index contributed by atoms with van der Waals surface area (Å²) in [7, 11) is 0. The summed E-state index contributed by atoms with van der Waals surface area (Å²) in [5.41, 5.74) is 3.30. The van der Waals surface area contributed by atoms with Crippen LogP contribution in [0.5, 0.6) is 5.75 Å². The fourth-order valence-corrected chi connectivity index (χ4v) is 3.38. The predicted molar refractivity (Wildman–Crippen MR) is 100 cm³/mol. The van der Waals surface area contributed by atoms with Gasteiger partial charge in [-0.05, 0) is 73.5 Å². The average Bonchev–Trinajstić information content (AvgIpc) is 3.21. The van der Waals surface area contributed by atoms with Crippen LogP contribution < -0.4 is 9.64 Å². The number of hydrogen-bond acceptors (Lipinski definition) is 5. The fraction of sp³-hybridized carbons (Fsp3) is 0.263. The van der Waals surface area contributed by atoms with Crippen LogP contribution in [-0.2, 0) is 6.42 Å². The van der Waals surface area contributed by atoms with Crippen molar-refractivity contribution in [2.24, 2.45) is 0 Å². The zero-order chi connectivity index (χ0) is 17.4. The molecule has 2 heterocycles. The zero-order valence-corrected chi connectivity index (χ0v) is 15.7. The first-order valence-corrected chi connectivity index (χ1v) is 9.06. The molecule has 0 radical (unpaired) electrons. The normalized spacial score (nSPS) is 13.4. The Bertz CT molecular complexity index is 890. The van der Waals surface area contributed by atoms with Gasteiger partial charge in [-0.3, -0.25) is 0 Å². The molecular formula is C19H18BrN3O2. The minimum absolute atomic E-state index is 0.149. The third kappa shape index (κ3) is 3.26. The van der Waals surface area contributed by atoms with E-state index < -0.39 is 0 Å². The Balaban J connectivity index is 1.57. The van der Waals surface area contributed by atoms with Gasteiger partial charge in [-0.15, -0.1) is 0 Å². The van der Waals surface area contributed by atoms with Gasteiger partial charge in [-0.2, -0.15) is 4.98 Å². The Morgan fingerprint density at radius 2 is 1.96 bits per heavy atom. The van der Waals surface area contributed by atoms with E-state index >= 15 is 0 Å². The number of ether oxygens (including phenoxy) is 1. The van der Waals surface area contributed by atoms with E-state index in [0.717, 1.165) is 34.4 Å². The van der Waals surface area contributed by atoms with E-state index in [-0.39, 0.29) is 6.10 Å². The standard InChI is InChI=1S/C19H18BrN3O2/c1-12(2)24-16-6-3-13(4-7-16)18-21-19(22-25-18)23-10-9-14-11-15(20)5-8-17(14)23/h3-8,11-12H,9-10H2,1-2H3. The monoisotopic (exact) mass is 399 g/mol. The number of hydrogen-bond donors (Lipinski definition) is 0. The van der Waals surface area contributed by atoms with Crippen molar-refractivity contribution < 1.29 is 9.26 Å². The summed E-state index contributed by atoms with van der Waals surface area (Å²) >= 11 is 3.52. The first kappa shape index (κ1) is 16.1. The van der Waals surface area contributed by atoms with Crippen LogP contribution in [0.15, 0.2) is 51.5 Å². The lowest BCUT2D eigenvalue weighted by Gasteiger charge is -2.13. The van der Waals surface area contributed by atoms with Crippen molar-refractivity contribution in [2.75, 3.05) is 11.4 Å². The molecule has 6 heteroatoms. The highest BCUT2D eigenvalue weighted by Crippen LogP contribution is 2.35. The molecule has 1 aromatic heterocycles. The molecule has 1 aliphatic rings. The van der Waals surface area contributed by atoms with Crippen LogP contribution in [0, 0.1) is 0 Å². The average molecular weight is 400 g/mol. The molecule has 0 amide bonds. The van der Waals surface area contributed by atoms with Gasteiger partial charge in [0.05, 0.1) is 6.10 Å². The van der Waals surface area contributed by atoms with Gasteiger partial charge in [0, 0.05) is 22.3 Å². The van der Waals surface area contributed by atoms with Gasteiger partial charge in [0.1, 0.15) is 5.75 Å². The fourth-order valence-electron chi connectivity index (χ4n) is 2.97. The molecule has 0 atom stereocenters. The van der Waals surface area contributed by atoms with Gasteiger partial charge in [-0.25, -0.2) is 0 Å². The lowest BCUT2D eigenvalue weighted by Crippen LogP contribution is -2.14. The molecule has 2 aromatic carbocycles. The van der Waals surface area contributed by atoms with Gasteiger partial charge < -0.3 is 14.2 Å². The Morgan fingerprint density at radius 1 is 1.16 bits per heavy atom. The summed E-state index contributed by atoms with van der Waals surface area (Å²) in [6, 6.07) is 14.0. The van der Waals surface area contributed by atoms with E-state index in [1.807, 2.05) is 44.2 Å². The summed E-state index contributed by atoms with van der Waals surface area (Å²) in [5.74, 6) is 1.94. The summed E-state index contributed by atoms with van der Waals surface area (Å²) in [6.07, 6.45) is 1.12. The van der Waals surface area contributed by atoms with Crippen LogP contribution in [0.4, 0.5) is 11.6 Å². The number of nitrogens with zero attached hydrogens (tertiary/aromatic N) is 3. The topological polar surface area (TPSA) is 51.4 Å². The van der Waals surface area contributed by atoms with Crippen LogP contribution in [0.1, 0.15) is 19.4 Å². The number of benzene rings is 2. The smallest absolute Gasteiger partial charge is 0.270 e. The molecule has 5 nitrogen and oxygen atoms in total. The van der Waals surface area contributed by atoms with E-state index in [0.29, 0.717) is 11.8 Å². The first-order chi connectivity index (χ1) is 12.1. The SMILES string of the molecule is CC(C)Oc1ccc(-c2nc(N3CCc4cc(Br)ccc43)no2)cc1. The summed E-state index contributed by atoms with van der Waals surface area (Å²) in [4.78, 5) is 6.66. The predicted octanol–water partition coefficient (Wildman–Crippen LogP) is 4.98. The lowest BCUT2D eigenvalue weighted by atomic mass is 10.2. The van der Waals surface area contributed by atoms with Crippen LogP contribution >= 0.6 is 15.9 Å². The Morgan fingerprint density at radius 3 is 2.72 bits per heavy atom. The van der Waals surface area contributed by atoms with Crippen molar-refractivity contribution in [3.8, 4) is 17.2 Å². The van der Waals surface area contributed by atoms with E-state index in [4.69, 9.17) is 9.26 Å². The summed E-state index contributed by atoms with van der Waals surface area (Å²) < 4.78 is 12.2. The van der Waals surface area contributed by atoms with Gasteiger partial charge >= 0.3 is 0 Å². The second kappa shape index (κ2) is 6.52. The summed E-state index contributed by atoms with van der Waals surface area (Å²) in [6.45, 7) is 4.86. The highest BCUT2D eigenvalue weighted by Gasteiger charge is 2.24. The molecule has 1 aliphatic heterocycles. The maximum Gasteiger partial charge on any atom is 0.270 e. The van der Waals surface area contributed by atoms with E-state index in [1.54, 1.807) is 0 Å². The van der Waals surface area contributed by atoms with E-state index in [1.165, 1.54) is 5.56 Å². The lowest BCUT2D eigenvalue weighted by molar-refractivity contribution is 0.242. The first-order valence-electron chi connectivity index (χ1n) is 8.27. The van der Waals surface area contributed by atoms with Crippen molar-refractivity contribution in [3.05, 3.63) is 52.5 Å². The van der Waals surface area contributed by atoms with Crippen LogP contribution in [0.2, 0.25) is 0 Å². The van der Waals surface area contributed by atoms with Crippen molar-refractivity contribution in [2.45, 2.75) is 26.4 Å². The third-order valence-electron chi connectivity index (χ3n) is 4.07. The molecule has 0 N–H and O–H groups in total. The number of halogens is 1. The van der Waals surface area contributed by atoms with Crippen molar-refractivity contribution in [1.82, 2.24) is 10.1 Å². The highest BCUT2D eigenvalue weighted by atomic mass is 79.9. The molecule has 0 fully saturated rings. The maximum absolute atomic E-state index is 5.66. The van der Waals surface area contributed by atoms with Crippen molar-refractivity contribution in [3.63, 3.8) is 0 Å². The highest BCUT2D eigenvalue weighted by molar-refractivity contribution is 9.10. The Hall–Kier alpha value is -2.34. The van der Waals surface area contributed by atoms with Gasteiger partial charge in [0.15, 0.2) is 0 Å². The third-order valence-corrected chi connectivity index (χ3v) is 4.56. The van der Waals surface area contributed by atoms with Crippen LogP contribution in [-0.4, -0.2) is 22.8 Å². The van der Waals surface area contributed by atoms with Crippen molar-refractivity contribution >= 4 is 27.6 Å². The minimum Gasteiger partial charge on any atom is -0.491 e. The Labute approximate surface area is 154 Å². The number of rotatable bonds is 4. The molecule has 3 aromatic rings. The molecule has 0 aliphatic carbocycles. The molecule has 0 spiro atoms. The van der Waals surface area contributed by atoms with Gasteiger partial charge in [0.2, 0.25) is 0 Å². The largest absolute Gasteiger partial charge is 0.491 e. The second-order valence-electron chi connectivity index (χ2n) is 6.27. The van der Waals surface area contributed by atoms with Gasteiger partial charge in [-0.1, -0.05) is 15.9 Å². The number of anilines is 2. The molecule has 4 rings (SSSR count). The molecule has 25 heavy (non-hydrogen) atoms. The van der Waals surface area contributed by atoms with Crippen LogP contribution in [0.25, 0.3) is 11.5 Å². The van der Waals surface area contributed by atoms with E-state index in [2.05, 4.69) is 43.1 Å². The van der Waals surface area contributed by atoms with E-state index in [9.17, 15) is 0 Å². The maximum atomic E-state index is 5.66. The molecule has 0 saturated heterocycles. The Kier molecular flexibility index (Phi) is 4.21. The number of aromatic nitrogens is 2. The molecule has 0 bridgehead atoms. The molecule has 0 saturated carbocycles. The summed E-state index contributed by atoms with van der Waals surface area (Å²) in [5, 5.41) is 4.16. The molecule has 128 valence electrons. The van der Waals surface area contributed by atoms with Crippen molar-refractivity contribution in [1.29, 1.82) is 0 Å².